The summed E-state index contributed by atoms with van der Waals surface area (Å²) in [4.78, 5) is 11.2. The number of methoxy groups -OCH3 is 1. The molecular formula is C11H6F4O3. The van der Waals surface area contributed by atoms with Gasteiger partial charge in [-0.15, -0.1) is 0 Å². The third-order valence-electron chi connectivity index (χ3n) is 2.37. The Hall–Kier alpha value is -2.05. The predicted octanol–water partition coefficient (Wildman–Crippen LogP) is 3.38. The van der Waals surface area contributed by atoms with E-state index in [2.05, 4.69) is 9.15 Å². The van der Waals surface area contributed by atoms with Crippen molar-refractivity contribution in [1.29, 1.82) is 0 Å². The van der Waals surface area contributed by atoms with Crippen LogP contribution in [0.1, 0.15) is 15.9 Å². The first-order valence-electron chi connectivity index (χ1n) is 4.71. The van der Waals surface area contributed by atoms with E-state index in [-0.39, 0.29) is 11.0 Å². The highest BCUT2D eigenvalue weighted by Crippen LogP contribution is 2.37. The van der Waals surface area contributed by atoms with Crippen LogP contribution in [0.5, 0.6) is 0 Å². The van der Waals surface area contributed by atoms with Gasteiger partial charge in [-0.05, 0) is 6.07 Å². The number of ether oxygens (including phenoxy) is 1. The van der Waals surface area contributed by atoms with Crippen molar-refractivity contribution in [3.8, 4) is 0 Å². The van der Waals surface area contributed by atoms with Crippen LogP contribution >= 0.6 is 0 Å². The number of carbonyl (C=O) groups is 1. The summed E-state index contributed by atoms with van der Waals surface area (Å²) in [6, 6.07) is 1.49. The van der Waals surface area contributed by atoms with Crippen LogP contribution in [0.25, 0.3) is 11.0 Å². The van der Waals surface area contributed by atoms with Crippen LogP contribution < -0.4 is 0 Å². The van der Waals surface area contributed by atoms with Crippen molar-refractivity contribution in [2.45, 2.75) is 6.18 Å². The van der Waals surface area contributed by atoms with E-state index >= 15 is 0 Å². The lowest BCUT2D eigenvalue weighted by molar-refractivity contribution is -0.136. The van der Waals surface area contributed by atoms with Crippen molar-refractivity contribution >= 4 is 16.9 Å². The zero-order valence-corrected chi connectivity index (χ0v) is 8.97. The Morgan fingerprint density at radius 3 is 2.56 bits per heavy atom. The number of benzene rings is 1. The molecule has 0 amide bonds. The lowest BCUT2D eigenvalue weighted by Crippen LogP contribution is -2.06. The highest BCUT2D eigenvalue weighted by atomic mass is 19.4. The maximum Gasteiger partial charge on any atom is 0.420 e. The Kier molecular flexibility index (Phi) is 2.76. The van der Waals surface area contributed by atoms with Gasteiger partial charge in [-0.25, -0.2) is 9.18 Å². The molecule has 2 aromatic rings. The molecule has 3 nitrogen and oxygen atoms in total. The van der Waals surface area contributed by atoms with Crippen molar-refractivity contribution in [2.24, 2.45) is 0 Å². The van der Waals surface area contributed by atoms with Gasteiger partial charge in [0.05, 0.1) is 12.7 Å². The molecule has 18 heavy (non-hydrogen) atoms. The number of hydrogen-bond donors (Lipinski definition) is 0. The number of fused-ring (bicyclic) bond motifs is 1. The topological polar surface area (TPSA) is 39.4 Å². The SMILES string of the molecule is COC(=O)c1cc2c(C(F)(F)F)coc2cc1F. The summed E-state index contributed by atoms with van der Waals surface area (Å²) in [5.41, 5.74) is -1.92. The average molecular weight is 262 g/mol. The Morgan fingerprint density at radius 2 is 2.00 bits per heavy atom. The fraction of sp³-hybridized carbons (Fsp3) is 0.182. The minimum atomic E-state index is -4.64. The summed E-state index contributed by atoms with van der Waals surface area (Å²) < 4.78 is 60.1. The van der Waals surface area contributed by atoms with Crippen LogP contribution in [0.15, 0.2) is 22.8 Å². The lowest BCUT2D eigenvalue weighted by atomic mass is 10.1. The molecule has 7 heteroatoms. The van der Waals surface area contributed by atoms with Gasteiger partial charge in [-0.3, -0.25) is 0 Å². The number of furan rings is 1. The second-order valence-electron chi connectivity index (χ2n) is 3.47. The standard InChI is InChI=1S/C11H6F4O3/c1-17-10(16)6-2-5-7(11(13,14)15)4-18-9(5)3-8(6)12/h2-4H,1H3. The molecule has 1 aromatic heterocycles. The van der Waals surface area contributed by atoms with Gasteiger partial charge in [-0.2, -0.15) is 13.2 Å². The fourth-order valence-electron chi connectivity index (χ4n) is 1.53. The zero-order valence-electron chi connectivity index (χ0n) is 8.97. The molecule has 1 heterocycles. The van der Waals surface area contributed by atoms with Crippen molar-refractivity contribution in [3.05, 3.63) is 35.3 Å². The zero-order chi connectivity index (χ0) is 13.5. The summed E-state index contributed by atoms with van der Waals surface area (Å²) in [6.07, 6.45) is -4.17. The largest absolute Gasteiger partial charge is 0.465 e. The van der Waals surface area contributed by atoms with Gasteiger partial charge in [0.15, 0.2) is 0 Å². The van der Waals surface area contributed by atoms with Crippen molar-refractivity contribution < 1.29 is 31.5 Å². The molecule has 0 spiro atoms. The van der Waals surface area contributed by atoms with Gasteiger partial charge in [0, 0.05) is 11.5 Å². The predicted molar refractivity (Wildman–Crippen MR) is 52.5 cm³/mol. The van der Waals surface area contributed by atoms with Crippen LogP contribution in [-0.2, 0) is 10.9 Å². The minimum absolute atomic E-state index is 0.285. The van der Waals surface area contributed by atoms with Crippen LogP contribution in [0.4, 0.5) is 17.6 Å². The highest BCUT2D eigenvalue weighted by Gasteiger charge is 2.35. The highest BCUT2D eigenvalue weighted by molar-refractivity contribution is 5.95. The smallest absolute Gasteiger partial charge is 0.420 e. The van der Waals surface area contributed by atoms with Crippen molar-refractivity contribution in [2.75, 3.05) is 7.11 Å². The Balaban J connectivity index is 2.71. The van der Waals surface area contributed by atoms with Crippen LogP contribution in [0, 0.1) is 5.82 Å². The van der Waals surface area contributed by atoms with Crippen molar-refractivity contribution in [3.63, 3.8) is 0 Å². The van der Waals surface area contributed by atoms with E-state index in [0.717, 1.165) is 19.2 Å². The van der Waals surface area contributed by atoms with Crippen molar-refractivity contribution in [1.82, 2.24) is 0 Å². The second kappa shape index (κ2) is 4.01. The third kappa shape index (κ3) is 1.92. The number of carbonyl (C=O) groups excluding carboxylic acids is 1. The van der Waals surface area contributed by atoms with E-state index in [1.165, 1.54) is 0 Å². The molecule has 1 aromatic carbocycles. The number of halogens is 4. The molecule has 0 bridgehead atoms. The summed E-state index contributed by atoms with van der Waals surface area (Å²) >= 11 is 0. The Bertz CT molecular complexity index is 613. The minimum Gasteiger partial charge on any atom is -0.465 e. The first-order valence-corrected chi connectivity index (χ1v) is 4.71. The molecule has 0 aliphatic rings. The van der Waals surface area contributed by atoms with Gasteiger partial charge >= 0.3 is 12.1 Å². The summed E-state index contributed by atoms with van der Waals surface area (Å²) in [6.45, 7) is 0. The van der Waals surface area contributed by atoms with Gasteiger partial charge < -0.3 is 9.15 Å². The monoisotopic (exact) mass is 262 g/mol. The molecule has 0 saturated carbocycles. The summed E-state index contributed by atoms with van der Waals surface area (Å²) in [7, 11) is 1.01. The average Bonchev–Trinajstić information content (AvgIpc) is 2.69. The van der Waals surface area contributed by atoms with E-state index in [9.17, 15) is 22.4 Å². The molecule has 0 radical (unpaired) electrons. The maximum atomic E-state index is 13.4. The first-order chi connectivity index (χ1) is 8.34. The molecule has 0 atom stereocenters. The van der Waals surface area contributed by atoms with E-state index in [4.69, 9.17) is 0 Å². The van der Waals surface area contributed by atoms with E-state index in [1.807, 2.05) is 0 Å². The van der Waals surface area contributed by atoms with E-state index in [1.54, 1.807) is 0 Å². The first kappa shape index (κ1) is 12.4. The number of rotatable bonds is 1. The van der Waals surface area contributed by atoms with Gasteiger partial charge in [0.2, 0.25) is 0 Å². The summed E-state index contributed by atoms with van der Waals surface area (Å²) in [5.74, 6) is -2.05. The molecule has 0 saturated heterocycles. The van der Waals surface area contributed by atoms with Gasteiger partial charge in [0.1, 0.15) is 23.2 Å². The molecule has 0 unspecified atom stereocenters. The van der Waals surface area contributed by atoms with Crippen LogP contribution in [-0.4, -0.2) is 13.1 Å². The summed E-state index contributed by atoms with van der Waals surface area (Å²) in [5, 5.41) is -0.385. The number of alkyl halides is 3. The number of esters is 1. The second-order valence-corrected chi connectivity index (χ2v) is 3.47. The van der Waals surface area contributed by atoms with E-state index < -0.39 is 29.1 Å². The maximum absolute atomic E-state index is 13.4. The fourth-order valence-corrected chi connectivity index (χ4v) is 1.53. The molecule has 96 valence electrons. The van der Waals surface area contributed by atoms with E-state index in [0.29, 0.717) is 6.26 Å². The van der Waals surface area contributed by atoms with Gasteiger partial charge in [0.25, 0.3) is 0 Å². The normalized spacial score (nSPS) is 11.8. The Morgan fingerprint density at radius 1 is 1.33 bits per heavy atom. The molecule has 2 rings (SSSR count). The number of hydrogen-bond acceptors (Lipinski definition) is 3. The molecule has 0 fully saturated rings. The van der Waals surface area contributed by atoms with Crippen LogP contribution in [0.2, 0.25) is 0 Å². The molecule has 0 aliphatic carbocycles. The lowest BCUT2D eigenvalue weighted by Gasteiger charge is -2.04. The van der Waals surface area contributed by atoms with Crippen LogP contribution in [0.3, 0.4) is 0 Å². The molecule has 0 N–H and O–H groups in total. The third-order valence-corrected chi connectivity index (χ3v) is 2.37. The quantitative estimate of drug-likeness (QED) is 0.584. The van der Waals surface area contributed by atoms with Gasteiger partial charge in [-0.1, -0.05) is 0 Å². The molecular weight excluding hydrogens is 256 g/mol. The Labute approximate surface area is 97.9 Å². The molecule has 0 aliphatic heterocycles.